The highest BCUT2D eigenvalue weighted by Gasteiger charge is 2.22. The van der Waals surface area contributed by atoms with E-state index < -0.39 is 0 Å². The van der Waals surface area contributed by atoms with Gasteiger partial charge >= 0.3 is 0 Å². The number of hydrogen-bond donors (Lipinski definition) is 0. The minimum absolute atomic E-state index is 0.573. The number of rotatable bonds is 7. The Morgan fingerprint density at radius 3 is 1.46 bits per heavy atom. The second-order valence-corrected chi connectivity index (χ2v) is 12.1. The molecule has 9 rings (SSSR count). The summed E-state index contributed by atoms with van der Waals surface area (Å²) >= 11 is 0. The maximum atomic E-state index is 6.59. The van der Waals surface area contributed by atoms with Crippen molar-refractivity contribution in [2.45, 2.75) is 0 Å². The van der Waals surface area contributed by atoms with Crippen LogP contribution in [0.4, 0.5) is 17.1 Å². The number of para-hydroxylation sites is 2. The Labute approximate surface area is 289 Å². The molecular weight excluding hydrogens is 613 g/mol. The fraction of sp³-hybridized carbons (Fsp3) is 0. The van der Waals surface area contributed by atoms with E-state index in [0.29, 0.717) is 17.5 Å². The molecule has 0 atom stereocenters. The van der Waals surface area contributed by atoms with Crippen LogP contribution in [0.3, 0.4) is 0 Å². The van der Waals surface area contributed by atoms with Gasteiger partial charge in [-0.3, -0.25) is 0 Å². The van der Waals surface area contributed by atoms with Gasteiger partial charge in [0.2, 0.25) is 0 Å². The summed E-state index contributed by atoms with van der Waals surface area (Å²) in [5.74, 6) is 1.79. The van der Waals surface area contributed by atoms with Crippen LogP contribution in [0.2, 0.25) is 0 Å². The molecule has 0 bridgehead atoms. The lowest BCUT2D eigenvalue weighted by Crippen LogP contribution is -2.10. The van der Waals surface area contributed by atoms with E-state index in [9.17, 15) is 0 Å². The lowest BCUT2D eigenvalue weighted by atomic mass is 10.0. The Balaban J connectivity index is 1.30. The first-order valence-corrected chi connectivity index (χ1v) is 16.6. The summed E-state index contributed by atoms with van der Waals surface area (Å²) < 4.78 is 6.59. The largest absolute Gasteiger partial charge is 0.456 e. The van der Waals surface area contributed by atoms with Gasteiger partial charge in [0.05, 0.1) is 5.69 Å². The van der Waals surface area contributed by atoms with Gasteiger partial charge in [-0.15, -0.1) is 0 Å². The molecule has 50 heavy (non-hydrogen) atoms. The van der Waals surface area contributed by atoms with Gasteiger partial charge in [0.15, 0.2) is 17.5 Å². The first kappa shape index (κ1) is 29.3. The third kappa shape index (κ3) is 5.47. The van der Waals surface area contributed by atoms with E-state index >= 15 is 0 Å². The summed E-state index contributed by atoms with van der Waals surface area (Å²) in [7, 11) is 0. The maximum absolute atomic E-state index is 6.59. The molecule has 0 radical (unpaired) electrons. The highest BCUT2D eigenvalue weighted by molar-refractivity contribution is 6.13. The quantitative estimate of drug-likeness (QED) is 0.173. The van der Waals surface area contributed by atoms with E-state index in [-0.39, 0.29) is 0 Å². The third-order valence-corrected chi connectivity index (χ3v) is 8.91. The van der Waals surface area contributed by atoms with E-state index in [1.807, 2.05) is 91.0 Å². The first-order valence-electron chi connectivity index (χ1n) is 16.6. The predicted molar refractivity (Wildman–Crippen MR) is 204 cm³/mol. The summed E-state index contributed by atoms with van der Waals surface area (Å²) in [4.78, 5) is 17.5. The van der Waals surface area contributed by atoms with Crippen molar-refractivity contribution in [1.82, 2.24) is 15.0 Å². The monoisotopic (exact) mass is 642 g/mol. The summed E-state index contributed by atoms with van der Waals surface area (Å²) in [6, 6.07) is 62.1. The lowest BCUT2D eigenvalue weighted by molar-refractivity contribution is 0.669. The van der Waals surface area contributed by atoms with Gasteiger partial charge < -0.3 is 9.32 Å². The smallest absolute Gasteiger partial charge is 0.164 e. The number of hydrogen-bond acceptors (Lipinski definition) is 5. The van der Waals surface area contributed by atoms with E-state index in [1.165, 1.54) is 5.56 Å². The highest BCUT2D eigenvalue weighted by atomic mass is 16.3. The molecule has 0 amide bonds. The Morgan fingerprint density at radius 1 is 0.360 bits per heavy atom. The number of furan rings is 1. The molecule has 0 aliphatic carbocycles. The fourth-order valence-corrected chi connectivity index (χ4v) is 6.53. The average molecular weight is 643 g/mol. The Morgan fingerprint density at radius 2 is 0.840 bits per heavy atom. The molecule has 0 fully saturated rings. The molecule has 7 aromatic carbocycles. The van der Waals surface area contributed by atoms with E-state index in [2.05, 4.69) is 95.9 Å². The maximum Gasteiger partial charge on any atom is 0.164 e. The summed E-state index contributed by atoms with van der Waals surface area (Å²) in [5, 5.41) is 1.96. The SMILES string of the molecule is c1ccc(-c2ccc(N(c3ccccc3)c3cc(-c4nc(-c5ccccc5)nc(-c5ccccc5)n4)c4c(c3)oc3ccccc34)cc2)cc1. The molecular formula is C45H30N4O. The van der Waals surface area contributed by atoms with Crippen molar-refractivity contribution < 1.29 is 4.42 Å². The third-order valence-electron chi connectivity index (χ3n) is 8.91. The molecule has 2 heterocycles. The van der Waals surface area contributed by atoms with Crippen LogP contribution >= 0.6 is 0 Å². The molecule has 5 heteroatoms. The van der Waals surface area contributed by atoms with E-state index in [4.69, 9.17) is 19.4 Å². The molecule has 0 N–H and O–H groups in total. The van der Waals surface area contributed by atoms with Crippen LogP contribution in [0.5, 0.6) is 0 Å². The molecule has 2 aromatic heterocycles. The minimum Gasteiger partial charge on any atom is -0.456 e. The van der Waals surface area contributed by atoms with Crippen molar-refractivity contribution in [3.63, 3.8) is 0 Å². The van der Waals surface area contributed by atoms with Gasteiger partial charge in [-0.1, -0.05) is 140 Å². The normalized spacial score (nSPS) is 11.2. The second-order valence-electron chi connectivity index (χ2n) is 12.1. The molecule has 0 spiro atoms. The molecule has 0 aliphatic heterocycles. The van der Waals surface area contributed by atoms with Gasteiger partial charge in [0, 0.05) is 44.9 Å². The number of fused-ring (bicyclic) bond motifs is 3. The lowest BCUT2D eigenvalue weighted by Gasteiger charge is -2.26. The van der Waals surface area contributed by atoms with Crippen LogP contribution in [0.25, 0.3) is 67.2 Å². The van der Waals surface area contributed by atoms with E-state index in [1.54, 1.807) is 0 Å². The highest BCUT2D eigenvalue weighted by Crippen LogP contribution is 2.43. The van der Waals surface area contributed by atoms with E-state index in [0.717, 1.165) is 61.3 Å². The molecule has 0 saturated heterocycles. The van der Waals surface area contributed by atoms with Gasteiger partial charge in [-0.25, -0.2) is 15.0 Å². The van der Waals surface area contributed by atoms with Crippen LogP contribution in [0.1, 0.15) is 0 Å². The summed E-state index contributed by atoms with van der Waals surface area (Å²) in [6.45, 7) is 0. The van der Waals surface area contributed by atoms with Crippen LogP contribution in [-0.2, 0) is 0 Å². The number of aromatic nitrogens is 3. The zero-order chi connectivity index (χ0) is 33.3. The van der Waals surface area contributed by atoms with Gasteiger partial charge in [-0.05, 0) is 47.5 Å². The number of benzene rings is 7. The van der Waals surface area contributed by atoms with Crippen LogP contribution in [0.15, 0.2) is 186 Å². The molecule has 5 nitrogen and oxygen atoms in total. The van der Waals surface area contributed by atoms with Crippen molar-refractivity contribution in [2.24, 2.45) is 0 Å². The minimum atomic E-state index is 0.573. The van der Waals surface area contributed by atoms with Crippen molar-refractivity contribution in [3.8, 4) is 45.3 Å². The average Bonchev–Trinajstić information content (AvgIpc) is 3.58. The van der Waals surface area contributed by atoms with Crippen LogP contribution in [0, 0.1) is 0 Å². The Bertz CT molecular complexity index is 2510. The van der Waals surface area contributed by atoms with Gasteiger partial charge in [0.25, 0.3) is 0 Å². The van der Waals surface area contributed by atoms with Crippen LogP contribution < -0.4 is 4.90 Å². The zero-order valence-corrected chi connectivity index (χ0v) is 27.0. The summed E-state index contributed by atoms with van der Waals surface area (Å²) in [6.07, 6.45) is 0. The van der Waals surface area contributed by atoms with Crippen molar-refractivity contribution in [2.75, 3.05) is 4.90 Å². The molecule has 236 valence electrons. The number of nitrogens with zero attached hydrogens (tertiary/aromatic N) is 4. The molecule has 0 unspecified atom stereocenters. The number of anilines is 3. The van der Waals surface area contributed by atoms with Crippen molar-refractivity contribution in [1.29, 1.82) is 0 Å². The van der Waals surface area contributed by atoms with Gasteiger partial charge in [-0.2, -0.15) is 0 Å². The Kier molecular flexibility index (Phi) is 7.41. The zero-order valence-electron chi connectivity index (χ0n) is 27.0. The predicted octanol–water partition coefficient (Wildman–Crippen LogP) is 11.9. The topological polar surface area (TPSA) is 55.1 Å². The van der Waals surface area contributed by atoms with Crippen molar-refractivity contribution in [3.05, 3.63) is 182 Å². The van der Waals surface area contributed by atoms with Gasteiger partial charge in [0.1, 0.15) is 11.2 Å². The molecule has 0 aliphatic rings. The van der Waals surface area contributed by atoms with Crippen molar-refractivity contribution >= 4 is 39.0 Å². The second kappa shape index (κ2) is 12.6. The standard InChI is InChI=1S/C45H30N4O/c1-5-15-31(16-6-1)32-25-27-36(28-26-32)49(35-21-11-4-12-22-35)37-29-39(42-38-23-13-14-24-40(38)50-41(42)30-37)45-47-43(33-17-7-2-8-18-33)46-44(48-45)34-19-9-3-10-20-34/h1-30H. The van der Waals surface area contributed by atoms with Crippen LogP contribution in [-0.4, -0.2) is 15.0 Å². The summed E-state index contributed by atoms with van der Waals surface area (Å²) in [5.41, 5.74) is 9.55. The molecule has 0 saturated carbocycles. The Hall–Kier alpha value is -6.85. The fourth-order valence-electron chi connectivity index (χ4n) is 6.53. The first-order chi connectivity index (χ1) is 24.8. The molecule has 9 aromatic rings.